The van der Waals surface area contributed by atoms with Crippen LogP contribution in [0.1, 0.15) is 29.1 Å². The van der Waals surface area contributed by atoms with Gasteiger partial charge in [0.2, 0.25) is 10.0 Å². The third-order valence-electron chi connectivity index (χ3n) is 5.58. The summed E-state index contributed by atoms with van der Waals surface area (Å²) in [5.74, 6) is 0.566. The molecule has 9 heteroatoms. The first kappa shape index (κ1) is 16.0. The standard InChI is InChI=1S/C15H21N3O5S/c1-9-5-12(17-23-9)14(19)16-6-10-11-7-18(24(2,20)21)8-15(11)4-3-13(10)22-15/h5,10-11,13H,3-4,6-8H2,1-2H3,(H,16,19)/t10-,11+,13+,15+/m0/s1. The van der Waals surface area contributed by atoms with Crippen molar-refractivity contribution in [3.63, 3.8) is 0 Å². The Balaban J connectivity index is 1.46. The minimum Gasteiger partial charge on any atom is -0.370 e. The molecule has 1 amide bonds. The molecule has 1 aromatic heterocycles. The van der Waals surface area contributed by atoms with Crippen molar-refractivity contribution in [2.45, 2.75) is 31.5 Å². The molecule has 4 heterocycles. The Morgan fingerprint density at radius 1 is 1.54 bits per heavy atom. The van der Waals surface area contributed by atoms with E-state index in [1.54, 1.807) is 13.0 Å². The molecule has 3 aliphatic rings. The van der Waals surface area contributed by atoms with Gasteiger partial charge in [0.15, 0.2) is 5.69 Å². The van der Waals surface area contributed by atoms with Gasteiger partial charge in [-0.25, -0.2) is 8.42 Å². The van der Waals surface area contributed by atoms with Crippen molar-refractivity contribution < 1.29 is 22.5 Å². The number of ether oxygens (including phenoxy) is 1. The van der Waals surface area contributed by atoms with Crippen LogP contribution in [-0.2, 0) is 14.8 Å². The van der Waals surface area contributed by atoms with Crippen LogP contribution in [0, 0.1) is 18.8 Å². The van der Waals surface area contributed by atoms with E-state index in [-0.39, 0.29) is 35.1 Å². The first-order valence-electron chi connectivity index (χ1n) is 8.13. The van der Waals surface area contributed by atoms with Crippen LogP contribution in [0.5, 0.6) is 0 Å². The van der Waals surface area contributed by atoms with Gasteiger partial charge in [-0.15, -0.1) is 0 Å². The van der Waals surface area contributed by atoms with E-state index in [2.05, 4.69) is 10.5 Å². The molecule has 3 fully saturated rings. The number of fused-ring (bicyclic) bond motifs is 1. The fourth-order valence-electron chi connectivity index (χ4n) is 4.45. The molecule has 0 aromatic carbocycles. The van der Waals surface area contributed by atoms with E-state index in [1.165, 1.54) is 10.6 Å². The minimum absolute atomic E-state index is 0.0936. The van der Waals surface area contributed by atoms with Crippen molar-refractivity contribution >= 4 is 15.9 Å². The first-order chi connectivity index (χ1) is 11.3. The summed E-state index contributed by atoms with van der Waals surface area (Å²) in [6, 6.07) is 1.59. The SMILES string of the molecule is Cc1cc(C(=O)NC[C@H]2[C@H]3CN(S(C)(=O)=O)C[C@]34CC[C@H]2O4)no1. The number of amides is 1. The van der Waals surface area contributed by atoms with Crippen molar-refractivity contribution in [3.05, 3.63) is 17.5 Å². The maximum absolute atomic E-state index is 12.2. The van der Waals surface area contributed by atoms with Crippen molar-refractivity contribution in [3.8, 4) is 0 Å². The fraction of sp³-hybridized carbons (Fsp3) is 0.733. The lowest BCUT2D eigenvalue weighted by atomic mass is 9.73. The second-order valence-corrected chi connectivity index (χ2v) is 9.10. The van der Waals surface area contributed by atoms with E-state index < -0.39 is 10.0 Å². The lowest BCUT2D eigenvalue weighted by molar-refractivity contribution is 0.00800. The zero-order valence-corrected chi connectivity index (χ0v) is 14.5. The third-order valence-corrected chi connectivity index (χ3v) is 6.80. The second-order valence-electron chi connectivity index (χ2n) is 7.12. The average molecular weight is 355 g/mol. The number of nitrogens with zero attached hydrogens (tertiary/aromatic N) is 2. The number of sulfonamides is 1. The summed E-state index contributed by atoms with van der Waals surface area (Å²) in [5.41, 5.74) is -0.108. The van der Waals surface area contributed by atoms with Crippen LogP contribution in [0.15, 0.2) is 10.6 Å². The summed E-state index contributed by atoms with van der Waals surface area (Å²) >= 11 is 0. The van der Waals surface area contributed by atoms with E-state index >= 15 is 0 Å². The highest BCUT2D eigenvalue weighted by molar-refractivity contribution is 7.88. The van der Waals surface area contributed by atoms with Crippen LogP contribution < -0.4 is 5.32 Å². The molecule has 0 radical (unpaired) electrons. The maximum Gasteiger partial charge on any atom is 0.273 e. The van der Waals surface area contributed by atoms with Gasteiger partial charge < -0.3 is 14.6 Å². The highest BCUT2D eigenvalue weighted by Gasteiger charge is 2.63. The number of hydrogen-bond donors (Lipinski definition) is 1. The molecule has 2 bridgehead atoms. The highest BCUT2D eigenvalue weighted by Crippen LogP contribution is 2.54. The van der Waals surface area contributed by atoms with Gasteiger partial charge in [-0.3, -0.25) is 4.79 Å². The molecule has 4 rings (SSSR count). The molecule has 0 aliphatic carbocycles. The molecule has 0 saturated carbocycles. The second kappa shape index (κ2) is 5.27. The summed E-state index contributed by atoms with van der Waals surface area (Å²) < 4.78 is 36.4. The summed E-state index contributed by atoms with van der Waals surface area (Å²) in [5, 5.41) is 6.61. The van der Waals surface area contributed by atoms with Crippen LogP contribution in [0.3, 0.4) is 0 Å². The Hall–Kier alpha value is -1.45. The number of rotatable bonds is 4. The highest BCUT2D eigenvalue weighted by atomic mass is 32.2. The molecule has 3 saturated heterocycles. The molecular weight excluding hydrogens is 334 g/mol. The number of carbonyl (C=O) groups is 1. The lowest BCUT2D eigenvalue weighted by Gasteiger charge is -2.29. The van der Waals surface area contributed by atoms with Crippen molar-refractivity contribution in [2.24, 2.45) is 11.8 Å². The molecule has 4 atom stereocenters. The largest absolute Gasteiger partial charge is 0.370 e. The van der Waals surface area contributed by atoms with Crippen LogP contribution in [0.4, 0.5) is 0 Å². The summed E-state index contributed by atoms with van der Waals surface area (Å²) in [6.45, 7) is 3.09. The van der Waals surface area contributed by atoms with Crippen molar-refractivity contribution in [2.75, 3.05) is 25.9 Å². The topological polar surface area (TPSA) is 102 Å². The molecule has 1 N–H and O–H groups in total. The maximum atomic E-state index is 12.2. The summed E-state index contributed by atoms with van der Waals surface area (Å²) in [4.78, 5) is 12.2. The van der Waals surface area contributed by atoms with E-state index in [4.69, 9.17) is 9.26 Å². The van der Waals surface area contributed by atoms with Crippen LogP contribution in [-0.4, -0.2) is 61.4 Å². The average Bonchev–Trinajstić information content (AvgIpc) is 3.22. The van der Waals surface area contributed by atoms with Gasteiger partial charge in [-0.2, -0.15) is 4.31 Å². The lowest BCUT2D eigenvalue weighted by Crippen LogP contribution is -2.42. The Morgan fingerprint density at radius 2 is 2.33 bits per heavy atom. The van der Waals surface area contributed by atoms with E-state index in [1.807, 2.05) is 0 Å². The molecular formula is C15H21N3O5S. The monoisotopic (exact) mass is 355 g/mol. The minimum atomic E-state index is -3.23. The van der Waals surface area contributed by atoms with E-state index in [0.717, 1.165) is 12.8 Å². The predicted octanol–water partition coefficient (Wildman–Crippen LogP) is 0.152. The zero-order valence-electron chi connectivity index (χ0n) is 13.7. The molecule has 24 heavy (non-hydrogen) atoms. The van der Waals surface area contributed by atoms with Crippen LogP contribution in [0.25, 0.3) is 0 Å². The van der Waals surface area contributed by atoms with Crippen LogP contribution >= 0.6 is 0 Å². The normalized spacial score (nSPS) is 35.3. The van der Waals surface area contributed by atoms with Crippen LogP contribution in [0.2, 0.25) is 0 Å². The van der Waals surface area contributed by atoms with Gasteiger partial charge >= 0.3 is 0 Å². The number of carbonyl (C=O) groups excluding carboxylic acids is 1. The molecule has 8 nitrogen and oxygen atoms in total. The molecule has 3 aliphatic heterocycles. The predicted molar refractivity (Wildman–Crippen MR) is 83.8 cm³/mol. The number of aryl methyl sites for hydroxylation is 1. The van der Waals surface area contributed by atoms with Gasteiger partial charge in [0, 0.05) is 37.5 Å². The molecule has 132 valence electrons. The van der Waals surface area contributed by atoms with Gasteiger partial charge in [-0.1, -0.05) is 5.16 Å². The quantitative estimate of drug-likeness (QED) is 0.825. The van der Waals surface area contributed by atoms with Crippen molar-refractivity contribution in [1.29, 1.82) is 0 Å². The van der Waals surface area contributed by atoms with Crippen molar-refractivity contribution in [1.82, 2.24) is 14.8 Å². The third kappa shape index (κ3) is 2.46. The number of nitrogens with one attached hydrogen (secondary N) is 1. The molecule has 1 aromatic rings. The smallest absolute Gasteiger partial charge is 0.273 e. The van der Waals surface area contributed by atoms with Gasteiger partial charge in [0.25, 0.3) is 5.91 Å². The number of hydrogen-bond acceptors (Lipinski definition) is 6. The van der Waals surface area contributed by atoms with Gasteiger partial charge in [-0.05, 0) is 19.8 Å². The first-order valence-corrected chi connectivity index (χ1v) is 9.98. The summed E-state index contributed by atoms with van der Waals surface area (Å²) in [7, 11) is -3.23. The Kier molecular flexibility index (Phi) is 3.52. The van der Waals surface area contributed by atoms with Gasteiger partial charge in [0.1, 0.15) is 5.76 Å². The zero-order chi connectivity index (χ0) is 17.1. The molecule has 1 spiro atoms. The fourth-order valence-corrected chi connectivity index (χ4v) is 5.33. The van der Waals surface area contributed by atoms with E-state index in [0.29, 0.717) is 25.4 Å². The number of aromatic nitrogens is 1. The van der Waals surface area contributed by atoms with Gasteiger partial charge in [0.05, 0.1) is 18.0 Å². The Labute approximate surface area is 140 Å². The molecule has 0 unspecified atom stereocenters. The summed E-state index contributed by atoms with van der Waals surface area (Å²) in [6.07, 6.45) is 3.14. The Bertz CT molecular complexity index is 776. The Morgan fingerprint density at radius 3 is 3.00 bits per heavy atom. The van der Waals surface area contributed by atoms with E-state index in [9.17, 15) is 13.2 Å².